The van der Waals surface area contributed by atoms with Crippen LogP contribution in [0.4, 0.5) is 4.39 Å². The second-order valence-electron chi connectivity index (χ2n) is 6.80. The summed E-state index contributed by atoms with van der Waals surface area (Å²) in [5.74, 6) is 0.200. The summed E-state index contributed by atoms with van der Waals surface area (Å²) in [5, 5.41) is 4.80. The van der Waals surface area contributed by atoms with E-state index in [1.165, 1.54) is 17.4 Å². The molecule has 0 N–H and O–H groups in total. The third kappa shape index (κ3) is 3.86. The molecule has 0 saturated carbocycles. The van der Waals surface area contributed by atoms with E-state index in [9.17, 15) is 9.18 Å². The van der Waals surface area contributed by atoms with E-state index in [1.807, 2.05) is 26.0 Å². The van der Waals surface area contributed by atoms with Crippen molar-refractivity contribution < 1.29 is 13.7 Å². The lowest BCUT2D eigenvalue weighted by Gasteiger charge is -2.06. The number of rotatable bonds is 5. The minimum atomic E-state index is -0.378. The summed E-state index contributed by atoms with van der Waals surface area (Å²) >= 11 is 1.54. The number of halogens is 1. The number of ketones is 1. The molecule has 0 bridgehead atoms. The fourth-order valence-electron chi connectivity index (χ4n) is 3.08. The van der Waals surface area contributed by atoms with Crippen molar-refractivity contribution in [1.29, 1.82) is 0 Å². The zero-order chi connectivity index (χ0) is 20.5. The second-order valence-corrected chi connectivity index (χ2v) is 8.00. The molecule has 0 aliphatic rings. The van der Waals surface area contributed by atoms with Gasteiger partial charge in [-0.05, 0) is 44.5 Å². The number of benzene rings is 1. The zero-order valence-electron chi connectivity index (χ0n) is 16.2. The third-order valence-electron chi connectivity index (χ3n) is 4.65. The highest BCUT2D eigenvalue weighted by Gasteiger charge is 2.16. The quantitative estimate of drug-likeness (QED) is 0.417. The van der Waals surface area contributed by atoms with E-state index in [4.69, 9.17) is 4.52 Å². The topological polar surface area (TPSA) is 68.9 Å². The van der Waals surface area contributed by atoms with Crippen LogP contribution in [-0.4, -0.2) is 20.9 Å². The smallest absolute Gasteiger partial charge is 0.169 e. The first kappa shape index (κ1) is 19.1. The van der Waals surface area contributed by atoms with Crippen molar-refractivity contribution >= 4 is 17.1 Å². The SMILES string of the molecule is Cc1cc(-c2nc(-c3ccc(CC(=O)c4cccc(F)c4C)nc3)c(C)s2)no1. The average Bonchev–Trinajstić information content (AvgIpc) is 3.30. The largest absolute Gasteiger partial charge is 0.361 e. The number of thiazole rings is 1. The lowest BCUT2D eigenvalue weighted by atomic mass is 10.0. The summed E-state index contributed by atoms with van der Waals surface area (Å²) in [6, 6.07) is 10.1. The number of aromatic nitrogens is 3. The molecule has 3 heterocycles. The minimum absolute atomic E-state index is 0.115. The van der Waals surface area contributed by atoms with Crippen molar-refractivity contribution in [3.63, 3.8) is 0 Å². The van der Waals surface area contributed by atoms with Crippen LogP contribution in [0.1, 0.15) is 32.3 Å². The minimum Gasteiger partial charge on any atom is -0.361 e. The number of hydrogen-bond donors (Lipinski definition) is 0. The van der Waals surface area contributed by atoms with Crippen LogP contribution < -0.4 is 0 Å². The molecule has 146 valence electrons. The van der Waals surface area contributed by atoms with E-state index in [1.54, 1.807) is 31.3 Å². The summed E-state index contributed by atoms with van der Waals surface area (Å²) in [7, 11) is 0. The molecule has 0 amide bonds. The molecular formula is C22H18FN3O2S. The van der Waals surface area contributed by atoms with Crippen LogP contribution in [0, 0.1) is 26.6 Å². The predicted octanol–water partition coefficient (Wildman–Crippen LogP) is 5.35. The highest BCUT2D eigenvalue weighted by molar-refractivity contribution is 7.15. The monoisotopic (exact) mass is 407 g/mol. The maximum absolute atomic E-state index is 13.7. The van der Waals surface area contributed by atoms with Crippen LogP contribution in [0.2, 0.25) is 0 Å². The zero-order valence-corrected chi connectivity index (χ0v) is 17.0. The first-order valence-electron chi connectivity index (χ1n) is 9.07. The Balaban J connectivity index is 1.55. The van der Waals surface area contributed by atoms with Crippen molar-refractivity contribution in [2.45, 2.75) is 27.2 Å². The van der Waals surface area contributed by atoms with Gasteiger partial charge in [-0.3, -0.25) is 9.78 Å². The summed E-state index contributed by atoms with van der Waals surface area (Å²) in [6.07, 6.45) is 1.82. The molecule has 4 rings (SSSR count). The Labute approximate surface area is 171 Å². The summed E-state index contributed by atoms with van der Waals surface area (Å²) in [5.41, 5.74) is 3.78. The number of carbonyl (C=O) groups is 1. The van der Waals surface area contributed by atoms with E-state index in [0.717, 1.165) is 26.9 Å². The molecular weight excluding hydrogens is 389 g/mol. The number of nitrogens with zero attached hydrogens (tertiary/aromatic N) is 3. The van der Waals surface area contributed by atoms with Crippen LogP contribution in [0.25, 0.3) is 22.0 Å². The molecule has 1 aromatic carbocycles. The summed E-state index contributed by atoms with van der Waals surface area (Å²) < 4.78 is 18.8. The molecule has 0 radical (unpaired) electrons. The molecule has 0 atom stereocenters. The third-order valence-corrected chi connectivity index (χ3v) is 5.64. The van der Waals surface area contributed by atoms with Gasteiger partial charge in [0.25, 0.3) is 0 Å². The number of pyridine rings is 1. The lowest BCUT2D eigenvalue weighted by molar-refractivity contribution is 0.0991. The van der Waals surface area contributed by atoms with E-state index in [-0.39, 0.29) is 18.0 Å². The Morgan fingerprint density at radius 2 is 2.00 bits per heavy atom. The first-order chi connectivity index (χ1) is 13.9. The number of aryl methyl sites for hydroxylation is 2. The summed E-state index contributed by atoms with van der Waals surface area (Å²) in [6.45, 7) is 5.44. The van der Waals surface area contributed by atoms with Gasteiger partial charge in [0.2, 0.25) is 0 Å². The van der Waals surface area contributed by atoms with Crippen molar-refractivity contribution in [2.75, 3.05) is 0 Å². The molecule has 0 aliphatic carbocycles. The molecule has 0 fully saturated rings. The second kappa shape index (κ2) is 7.67. The lowest BCUT2D eigenvalue weighted by Crippen LogP contribution is -2.08. The van der Waals surface area contributed by atoms with Gasteiger partial charge in [-0.25, -0.2) is 9.37 Å². The van der Waals surface area contributed by atoms with Gasteiger partial charge >= 0.3 is 0 Å². The molecule has 4 aromatic rings. The molecule has 3 aromatic heterocycles. The molecule has 5 nitrogen and oxygen atoms in total. The molecule has 0 unspecified atom stereocenters. The van der Waals surface area contributed by atoms with Crippen LogP contribution in [0.5, 0.6) is 0 Å². The maximum Gasteiger partial charge on any atom is 0.169 e. The number of carbonyl (C=O) groups excluding carboxylic acids is 1. The van der Waals surface area contributed by atoms with Gasteiger partial charge in [0.05, 0.1) is 12.1 Å². The highest BCUT2D eigenvalue weighted by Crippen LogP contribution is 2.32. The fourth-order valence-corrected chi connectivity index (χ4v) is 3.97. The molecule has 29 heavy (non-hydrogen) atoms. The van der Waals surface area contributed by atoms with Crippen molar-refractivity contribution in [1.82, 2.24) is 15.1 Å². The standard InChI is InChI=1S/C22H18FN3O2S/c1-12-9-19(26-28-12)22-25-21(14(3)29-22)15-7-8-16(24-11-15)10-20(27)17-5-4-6-18(23)13(17)2/h4-9,11H,10H2,1-3H3. The Morgan fingerprint density at radius 3 is 2.69 bits per heavy atom. The van der Waals surface area contributed by atoms with Crippen molar-refractivity contribution in [2.24, 2.45) is 0 Å². The van der Waals surface area contributed by atoms with E-state index in [0.29, 0.717) is 22.5 Å². The van der Waals surface area contributed by atoms with Crippen LogP contribution in [0.15, 0.2) is 47.1 Å². The Bertz CT molecular complexity index is 1200. The molecule has 0 spiro atoms. The average molecular weight is 407 g/mol. The van der Waals surface area contributed by atoms with Crippen LogP contribution in [0.3, 0.4) is 0 Å². The number of hydrogen-bond acceptors (Lipinski definition) is 6. The van der Waals surface area contributed by atoms with Crippen LogP contribution in [-0.2, 0) is 6.42 Å². The van der Waals surface area contributed by atoms with Gasteiger partial charge in [-0.1, -0.05) is 17.3 Å². The van der Waals surface area contributed by atoms with E-state index < -0.39 is 0 Å². The first-order valence-corrected chi connectivity index (χ1v) is 9.89. The maximum atomic E-state index is 13.7. The van der Waals surface area contributed by atoms with Crippen molar-refractivity contribution in [3.8, 4) is 22.0 Å². The summed E-state index contributed by atoms with van der Waals surface area (Å²) in [4.78, 5) is 22.7. The van der Waals surface area contributed by atoms with Gasteiger partial charge in [0.15, 0.2) is 5.78 Å². The van der Waals surface area contributed by atoms with Crippen LogP contribution >= 0.6 is 11.3 Å². The van der Waals surface area contributed by atoms with Crippen molar-refractivity contribution in [3.05, 3.63) is 75.9 Å². The Kier molecular flexibility index (Phi) is 5.07. The highest BCUT2D eigenvalue weighted by atomic mass is 32.1. The van der Waals surface area contributed by atoms with Gasteiger partial charge in [-0.15, -0.1) is 11.3 Å². The molecule has 0 saturated heterocycles. The number of Topliss-reactive ketones (excluding diaryl/α,β-unsaturated/α-hetero) is 1. The normalized spacial score (nSPS) is 11.0. The van der Waals surface area contributed by atoms with E-state index >= 15 is 0 Å². The molecule has 0 aliphatic heterocycles. The Hall–Kier alpha value is -3.19. The fraction of sp³-hybridized carbons (Fsp3) is 0.182. The van der Waals surface area contributed by atoms with Gasteiger partial charge in [0, 0.05) is 34.0 Å². The van der Waals surface area contributed by atoms with E-state index in [2.05, 4.69) is 15.1 Å². The van der Waals surface area contributed by atoms with Gasteiger partial charge in [-0.2, -0.15) is 0 Å². The van der Waals surface area contributed by atoms with Gasteiger partial charge < -0.3 is 4.52 Å². The Morgan fingerprint density at radius 1 is 1.17 bits per heavy atom. The van der Waals surface area contributed by atoms with Gasteiger partial charge in [0.1, 0.15) is 22.3 Å². The molecule has 7 heteroatoms. The predicted molar refractivity (Wildman–Crippen MR) is 109 cm³/mol.